The van der Waals surface area contributed by atoms with Crippen molar-refractivity contribution >= 4 is 17.6 Å². The number of benzene rings is 2. The van der Waals surface area contributed by atoms with E-state index in [4.69, 9.17) is 9.47 Å². The highest BCUT2D eigenvalue weighted by molar-refractivity contribution is 6.03. The van der Waals surface area contributed by atoms with Gasteiger partial charge in [0.2, 0.25) is 0 Å². The van der Waals surface area contributed by atoms with E-state index in [0.29, 0.717) is 19.3 Å². The molecule has 178 valence electrons. The summed E-state index contributed by atoms with van der Waals surface area (Å²) in [7, 11) is 0. The molecule has 7 nitrogen and oxygen atoms in total. The molecule has 1 atom stereocenters. The number of ketones is 1. The summed E-state index contributed by atoms with van der Waals surface area (Å²) in [6.45, 7) is -0.388. The first-order chi connectivity index (χ1) is 16.1. The Morgan fingerprint density at radius 2 is 1.59 bits per heavy atom. The normalized spacial score (nSPS) is 26.4. The quantitative estimate of drug-likeness (QED) is 0.623. The second-order valence-corrected chi connectivity index (χ2v) is 8.99. The fraction of sp³-hybridized carbons (Fsp3) is 0.348. The van der Waals surface area contributed by atoms with Crippen molar-refractivity contribution < 1.29 is 41.4 Å². The molecule has 2 aromatic carbocycles. The molecule has 2 amide bonds. The fourth-order valence-corrected chi connectivity index (χ4v) is 4.91. The van der Waals surface area contributed by atoms with Crippen LogP contribution in [0.1, 0.15) is 36.0 Å². The van der Waals surface area contributed by atoms with Crippen LogP contribution in [0.25, 0.3) is 0 Å². The standard InChI is InChI=1S/C23H18F4N2O5/c24-13-2-1-11(3-14(13)25)33-7-20(31)28-22-8-23(9-22,10-22)29-21(32)19-6-17(30)12-4-15(26)16(27)5-18(12)34-19/h1-5,19H,6-10H2,(H,28,31)(H,29,32). The van der Waals surface area contributed by atoms with Crippen molar-refractivity contribution in [2.24, 2.45) is 0 Å². The molecule has 4 aliphatic rings. The number of nitrogens with one attached hydrogen (secondary N) is 2. The molecule has 1 unspecified atom stereocenters. The van der Waals surface area contributed by atoms with Gasteiger partial charge in [-0.2, -0.15) is 0 Å². The lowest BCUT2D eigenvalue weighted by atomic mass is 9.44. The monoisotopic (exact) mass is 478 g/mol. The third kappa shape index (κ3) is 3.84. The van der Waals surface area contributed by atoms with E-state index in [1.54, 1.807) is 0 Å². The largest absolute Gasteiger partial charge is 0.484 e. The van der Waals surface area contributed by atoms with Crippen molar-refractivity contribution in [2.45, 2.75) is 42.9 Å². The Hall–Kier alpha value is -3.63. The Bertz CT molecular complexity index is 1210. The van der Waals surface area contributed by atoms with Gasteiger partial charge in [-0.25, -0.2) is 17.6 Å². The molecule has 2 aromatic rings. The van der Waals surface area contributed by atoms with Gasteiger partial charge in [0.05, 0.1) is 12.0 Å². The molecule has 11 heteroatoms. The first-order valence-electron chi connectivity index (χ1n) is 10.5. The topological polar surface area (TPSA) is 93.7 Å². The minimum Gasteiger partial charge on any atom is -0.484 e. The third-order valence-corrected chi connectivity index (χ3v) is 6.34. The van der Waals surface area contributed by atoms with Crippen LogP contribution < -0.4 is 20.1 Å². The van der Waals surface area contributed by atoms with Gasteiger partial charge in [0.15, 0.2) is 41.8 Å². The SMILES string of the molecule is O=C(COc1ccc(F)c(F)c1)NC12CC(NC(=O)C3CC(=O)c4cc(F)c(F)cc4O3)(C1)C2. The van der Waals surface area contributed by atoms with E-state index in [1.807, 2.05) is 0 Å². The van der Waals surface area contributed by atoms with Crippen LogP contribution in [-0.4, -0.2) is 41.4 Å². The van der Waals surface area contributed by atoms with Gasteiger partial charge in [0.25, 0.3) is 11.8 Å². The molecule has 1 heterocycles. The Morgan fingerprint density at radius 1 is 0.941 bits per heavy atom. The van der Waals surface area contributed by atoms with Crippen LogP contribution in [0.3, 0.4) is 0 Å². The van der Waals surface area contributed by atoms with E-state index in [2.05, 4.69) is 10.6 Å². The van der Waals surface area contributed by atoms with Crippen LogP contribution in [0, 0.1) is 23.3 Å². The maximum absolute atomic E-state index is 13.5. The molecule has 3 aliphatic carbocycles. The summed E-state index contributed by atoms with van der Waals surface area (Å²) >= 11 is 0. The Kier molecular flexibility index (Phi) is 5.03. The first-order valence-corrected chi connectivity index (χ1v) is 10.5. The van der Waals surface area contributed by atoms with E-state index in [0.717, 1.165) is 24.3 Å². The van der Waals surface area contributed by atoms with Crippen molar-refractivity contribution in [2.75, 3.05) is 6.61 Å². The summed E-state index contributed by atoms with van der Waals surface area (Å²) in [4.78, 5) is 37.1. The Labute approximate surface area is 190 Å². The summed E-state index contributed by atoms with van der Waals surface area (Å²) in [6.07, 6.45) is -0.100. The van der Waals surface area contributed by atoms with Crippen LogP contribution in [0.4, 0.5) is 17.6 Å². The van der Waals surface area contributed by atoms with E-state index in [9.17, 15) is 31.9 Å². The summed E-state index contributed by atoms with van der Waals surface area (Å²) in [5.41, 5.74) is -1.16. The molecule has 34 heavy (non-hydrogen) atoms. The van der Waals surface area contributed by atoms with Crippen molar-refractivity contribution in [3.63, 3.8) is 0 Å². The first kappa shape index (κ1) is 22.2. The van der Waals surface area contributed by atoms with Gasteiger partial charge < -0.3 is 20.1 Å². The average Bonchev–Trinajstić information content (AvgIpc) is 2.73. The Morgan fingerprint density at radius 3 is 2.29 bits per heavy atom. The second-order valence-electron chi connectivity index (χ2n) is 8.99. The number of halogens is 4. The summed E-state index contributed by atoms with van der Waals surface area (Å²) in [5.74, 6) is -6.15. The smallest absolute Gasteiger partial charge is 0.261 e. The summed E-state index contributed by atoms with van der Waals surface area (Å²) in [6, 6.07) is 4.45. The molecule has 0 radical (unpaired) electrons. The van der Waals surface area contributed by atoms with E-state index >= 15 is 0 Å². The second kappa shape index (κ2) is 7.71. The molecule has 2 bridgehead atoms. The minimum atomic E-state index is -1.18. The van der Waals surface area contributed by atoms with Crippen molar-refractivity contribution in [3.05, 3.63) is 59.2 Å². The molecule has 6 rings (SSSR count). The minimum absolute atomic E-state index is 0.0154. The lowest BCUT2D eigenvalue weighted by molar-refractivity contribution is -0.154. The van der Waals surface area contributed by atoms with Crippen LogP contribution >= 0.6 is 0 Å². The number of rotatable bonds is 6. The van der Waals surface area contributed by atoms with Gasteiger partial charge in [0, 0.05) is 23.2 Å². The highest BCUT2D eigenvalue weighted by Crippen LogP contribution is 2.60. The number of carbonyl (C=O) groups excluding carboxylic acids is 3. The van der Waals surface area contributed by atoms with Crippen molar-refractivity contribution in [1.29, 1.82) is 0 Å². The van der Waals surface area contributed by atoms with E-state index in [-0.39, 0.29) is 30.1 Å². The van der Waals surface area contributed by atoms with Crippen molar-refractivity contribution in [3.8, 4) is 11.5 Å². The molecule has 0 saturated heterocycles. The number of hydrogen-bond acceptors (Lipinski definition) is 5. The fourth-order valence-electron chi connectivity index (χ4n) is 4.91. The van der Waals surface area contributed by atoms with Gasteiger partial charge in [-0.15, -0.1) is 0 Å². The van der Waals surface area contributed by atoms with E-state index in [1.165, 1.54) is 6.07 Å². The molecule has 0 spiro atoms. The van der Waals surface area contributed by atoms with Gasteiger partial charge in [-0.1, -0.05) is 0 Å². The van der Waals surface area contributed by atoms with Crippen molar-refractivity contribution in [1.82, 2.24) is 10.6 Å². The zero-order valence-corrected chi connectivity index (χ0v) is 17.6. The van der Waals surface area contributed by atoms with Gasteiger partial charge in [-0.3, -0.25) is 14.4 Å². The highest BCUT2D eigenvalue weighted by Gasteiger charge is 2.69. The number of Topliss-reactive ketones (excluding diaryl/α,β-unsaturated/α-hetero) is 1. The lowest BCUT2D eigenvalue weighted by Crippen LogP contribution is -2.84. The third-order valence-electron chi connectivity index (χ3n) is 6.34. The van der Waals surface area contributed by atoms with Gasteiger partial charge >= 0.3 is 0 Å². The number of ether oxygens (including phenoxy) is 2. The molecule has 1 aliphatic heterocycles. The summed E-state index contributed by atoms with van der Waals surface area (Å²) in [5, 5.41) is 5.65. The predicted molar refractivity (Wildman–Crippen MR) is 107 cm³/mol. The molecule has 3 fully saturated rings. The molecular formula is C23H18F4N2O5. The highest BCUT2D eigenvalue weighted by atomic mass is 19.2. The van der Waals surface area contributed by atoms with Crippen LogP contribution in [0.2, 0.25) is 0 Å². The number of fused-ring (bicyclic) bond motifs is 1. The number of carbonyl (C=O) groups is 3. The number of amides is 2. The molecule has 2 N–H and O–H groups in total. The van der Waals surface area contributed by atoms with E-state index < -0.39 is 58.0 Å². The zero-order valence-electron chi connectivity index (χ0n) is 17.6. The summed E-state index contributed by atoms with van der Waals surface area (Å²) < 4.78 is 63.6. The molecule has 3 saturated carbocycles. The lowest BCUT2D eigenvalue weighted by Gasteiger charge is -2.70. The zero-order chi connectivity index (χ0) is 24.3. The average molecular weight is 478 g/mol. The molecule has 0 aromatic heterocycles. The van der Waals surface area contributed by atoms with Gasteiger partial charge in [-0.05, 0) is 37.5 Å². The maximum atomic E-state index is 13.5. The van der Waals surface area contributed by atoms with Crippen LogP contribution in [0.15, 0.2) is 30.3 Å². The predicted octanol–water partition coefficient (Wildman–Crippen LogP) is 2.56. The number of hydrogen-bond donors (Lipinski definition) is 2. The van der Waals surface area contributed by atoms with Crippen LogP contribution in [-0.2, 0) is 9.59 Å². The van der Waals surface area contributed by atoms with Gasteiger partial charge in [0.1, 0.15) is 11.5 Å². The molecular weight excluding hydrogens is 460 g/mol. The Balaban J connectivity index is 1.11. The maximum Gasteiger partial charge on any atom is 0.261 e. The van der Waals surface area contributed by atoms with Crippen LogP contribution in [0.5, 0.6) is 11.5 Å².